The SMILES string of the molecule is C=C(CS(=O)(=O)Cl)c1cccc(Br)c1. The molecular weight excluding hydrogens is 288 g/mol. The zero-order valence-corrected chi connectivity index (χ0v) is 10.4. The predicted molar refractivity (Wildman–Crippen MR) is 62.8 cm³/mol. The van der Waals surface area contributed by atoms with Gasteiger partial charge in [0.1, 0.15) is 0 Å². The van der Waals surface area contributed by atoms with E-state index in [0.717, 1.165) is 10.0 Å². The van der Waals surface area contributed by atoms with Gasteiger partial charge in [-0.1, -0.05) is 34.6 Å². The smallest absolute Gasteiger partial charge is 0.212 e. The Labute approximate surface area is 96.1 Å². The third-order valence-electron chi connectivity index (χ3n) is 1.58. The molecule has 0 aliphatic heterocycles. The molecule has 0 aliphatic rings. The largest absolute Gasteiger partial charge is 0.236 e. The minimum absolute atomic E-state index is 0.231. The predicted octanol–water partition coefficient (Wildman–Crippen LogP) is 3.03. The standard InChI is InChI=1S/C9H8BrClO2S/c1-7(6-14(11,12)13)8-3-2-4-9(10)5-8/h2-5H,1,6H2. The summed E-state index contributed by atoms with van der Waals surface area (Å²) >= 11 is 3.29. The topological polar surface area (TPSA) is 34.1 Å². The zero-order valence-electron chi connectivity index (χ0n) is 7.20. The van der Waals surface area contributed by atoms with Crippen LogP contribution in [0.4, 0.5) is 0 Å². The highest BCUT2D eigenvalue weighted by atomic mass is 79.9. The van der Waals surface area contributed by atoms with Gasteiger partial charge in [0.15, 0.2) is 0 Å². The first-order valence-corrected chi connectivity index (χ1v) is 7.02. The summed E-state index contributed by atoms with van der Waals surface area (Å²) in [5, 5.41) is 0. The molecule has 1 aromatic rings. The number of halogens is 2. The van der Waals surface area contributed by atoms with Gasteiger partial charge in [-0.15, -0.1) is 0 Å². The van der Waals surface area contributed by atoms with Crippen molar-refractivity contribution in [3.63, 3.8) is 0 Å². The van der Waals surface area contributed by atoms with Crippen molar-refractivity contribution in [3.8, 4) is 0 Å². The van der Waals surface area contributed by atoms with Gasteiger partial charge in [-0.05, 0) is 23.3 Å². The first-order chi connectivity index (χ1) is 6.38. The second-order valence-electron chi connectivity index (χ2n) is 2.80. The monoisotopic (exact) mass is 294 g/mol. The van der Waals surface area contributed by atoms with Crippen LogP contribution in [0.5, 0.6) is 0 Å². The second kappa shape index (κ2) is 4.47. The molecule has 0 saturated carbocycles. The van der Waals surface area contributed by atoms with Crippen molar-refractivity contribution in [2.75, 3.05) is 5.75 Å². The normalized spacial score (nSPS) is 11.3. The molecule has 14 heavy (non-hydrogen) atoms. The Morgan fingerprint density at radius 2 is 2.14 bits per heavy atom. The number of hydrogen-bond acceptors (Lipinski definition) is 2. The highest BCUT2D eigenvalue weighted by Crippen LogP contribution is 2.20. The van der Waals surface area contributed by atoms with Crippen LogP contribution in [0.2, 0.25) is 0 Å². The third-order valence-corrected chi connectivity index (χ3v) is 3.09. The van der Waals surface area contributed by atoms with Crippen LogP contribution in [0.15, 0.2) is 35.3 Å². The first kappa shape index (κ1) is 11.8. The summed E-state index contributed by atoms with van der Waals surface area (Å²) < 4.78 is 22.5. The molecule has 0 saturated heterocycles. The van der Waals surface area contributed by atoms with Crippen LogP contribution in [0, 0.1) is 0 Å². The van der Waals surface area contributed by atoms with Crippen molar-refractivity contribution in [2.45, 2.75) is 0 Å². The fourth-order valence-electron chi connectivity index (χ4n) is 1.000. The highest BCUT2D eigenvalue weighted by molar-refractivity contribution is 9.10. The van der Waals surface area contributed by atoms with Crippen LogP contribution in [0.1, 0.15) is 5.56 Å². The molecule has 0 atom stereocenters. The van der Waals surface area contributed by atoms with Gasteiger partial charge in [0.2, 0.25) is 9.05 Å². The molecule has 0 spiro atoms. The summed E-state index contributed by atoms with van der Waals surface area (Å²) in [5.41, 5.74) is 1.25. The van der Waals surface area contributed by atoms with Gasteiger partial charge in [-0.3, -0.25) is 0 Å². The molecule has 76 valence electrons. The number of rotatable bonds is 3. The van der Waals surface area contributed by atoms with Crippen molar-refractivity contribution in [1.82, 2.24) is 0 Å². The summed E-state index contributed by atoms with van der Waals surface area (Å²) in [7, 11) is 1.59. The average Bonchev–Trinajstić information content (AvgIpc) is 2.01. The van der Waals surface area contributed by atoms with Crippen LogP contribution in [0.25, 0.3) is 5.57 Å². The summed E-state index contributed by atoms with van der Waals surface area (Å²) in [6.45, 7) is 3.67. The molecule has 0 heterocycles. The summed E-state index contributed by atoms with van der Waals surface area (Å²) in [6.07, 6.45) is 0. The third kappa shape index (κ3) is 3.82. The van der Waals surface area contributed by atoms with E-state index in [1.54, 1.807) is 12.1 Å². The van der Waals surface area contributed by atoms with Gasteiger partial charge in [-0.2, -0.15) is 0 Å². The highest BCUT2D eigenvalue weighted by Gasteiger charge is 2.09. The Balaban J connectivity index is 2.91. The van der Waals surface area contributed by atoms with Gasteiger partial charge >= 0.3 is 0 Å². The maximum Gasteiger partial charge on any atom is 0.236 e. The second-order valence-corrected chi connectivity index (χ2v) is 6.49. The van der Waals surface area contributed by atoms with Gasteiger partial charge in [0, 0.05) is 15.2 Å². The molecule has 2 nitrogen and oxygen atoms in total. The molecule has 1 rings (SSSR count). The lowest BCUT2D eigenvalue weighted by atomic mass is 10.1. The van der Waals surface area contributed by atoms with Gasteiger partial charge in [0.25, 0.3) is 0 Å². The van der Waals surface area contributed by atoms with Crippen molar-refractivity contribution in [3.05, 3.63) is 40.9 Å². The van der Waals surface area contributed by atoms with Gasteiger partial charge in [0.05, 0.1) is 5.75 Å². The molecule has 1 aromatic carbocycles. The van der Waals surface area contributed by atoms with E-state index in [-0.39, 0.29) is 5.75 Å². The van der Waals surface area contributed by atoms with E-state index in [1.807, 2.05) is 12.1 Å². The number of benzene rings is 1. The maximum atomic E-state index is 10.8. The fraction of sp³-hybridized carbons (Fsp3) is 0.111. The molecule has 0 unspecified atom stereocenters. The van der Waals surface area contributed by atoms with Crippen LogP contribution in [-0.4, -0.2) is 14.2 Å². The van der Waals surface area contributed by atoms with E-state index in [2.05, 4.69) is 22.5 Å². The van der Waals surface area contributed by atoms with Crippen molar-refractivity contribution >= 4 is 41.2 Å². The quantitative estimate of drug-likeness (QED) is 0.803. The van der Waals surface area contributed by atoms with E-state index >= 15 is 0 Å². The minimum Gasteiger partial charge on any atom is -0.212 e. The van der Waals surface area contributed by atoms with Crippen molar-refractivity contribution in [2.24, 2.45) is 0 Å². The Bertz CT molecular complexity index is 454. The minimum atomic E-state index is -3.53. The molecule has 0 bridgehead atoms. The van der Waals surface area contributed by atoms with Crippen LogP contribution in [0.3, 0.4) is 0 Å². The lowest BCUT2D eigenvalue weighted by Gasteiger charge is -2.03. The van der Waals surface area contributed by atoms with Gasteiger partial charge in [-0.25, -0.2) is 8.42 Å². The molecule has 0 fully saturated rings. The maximum absolute atomic E-state index is 10.8. The lowest BCUT2D eigenvalue weighted by Crippen LogP contribution is -1.99. The molecule has 5 heteroatoms. The Morgan fingerprint density at radius 1 is 1.50 bits per heavy atom. The molecular formula is C9H8BrClO2S. The lowest BCUT2D eigenvalue weighted by molar-refractivity contribution is 0.612. The van der Waals surface area contributed by atoms with E-state index < -0.39 is 9.05 Å². The molecule has 0 radical (unpaired) electrons. The Hall–Kier alpha value is -0.320. The molecule has 0 amide bonds. The van der Waals surface area contributed by atoms with Gasteiger partial charge < -0.3 is 0 Å². The van der Waals surface area contributed by atoms with Crippen LogP contribution in [-0.2, 0) is 9.05 Å². The van der Waals surface area contributed by atoms with E-state index in [0.29, 0.717) is 5.57 Å². The fourth-order valence-corrected chi connectivity index (χ4v) is 2.38. The first-order valence-electron chi connectivity index (χ1n) is 3.74. The van der Waals surface area contributed by atoms with Crippen molar-refractivity contribution < 1.29 is 8.42 Å². The Morgan fingerprint density at radius 3 is 2.64 bits per heavy atom. The zero-order chi connectivity index (χ0) is 10.8. The van der Waals surface area contributed by atoms with E-state index in [1.165, 1.54) is 0 Å². The Kier molecular flexibility index (Phi) is 3.75. The average molecular weight is 296 g/mol. The summed E-state index contributed by atoms with van der Waals surface area (Å²) in [6, 6.07) is 7.25. The van der Waals surface area contributed by atoms with Crippen molar-refractivity contribution in [1.29, 1.82) is 0 Å². The summed E-state index contributed by atoms with van der Waals surface area (Å²) in [5.74, 6) is -0.231. The number of hydrogen-bond donors (Lipinski definition) is 0. The molecule has 0 N–H and O–H groups in total. The summed E-state index contributed by atoms with van der Waals surface area (Å²) in [4.78, 5) is 0. The van der Waals surface area contributed by atoms with E-state index in [9.17, 15) is 8.42 Å². The van der Waals surface area contributed by atoms with E-state index in [4.69, 9.17) is 10.7 Å². The van der Waals surface area contributed by atoms with Crippen LogP contribution >= 0.6 is 26.6 Å². The molecule has 0 aromatic heterocycles. The van der Waals surface area contributed by atoms with Crippen LogP contribution < -0.4 is 0 Å². The molecule has 0 aliphatic carbocycles.